The van der Waals surface area contributed by atoms with Crippen molar-refractivity contribution in [3.8, 4) is 10.8 Å². The Kier molecular flexibility index (Phi) is 4.31. The van der Waals surface area contributed by atoms with Crippen LogP contribution in [0.5, 0.6) is 0 Å². The largest absolute Gasteiger partial charge is 0.453 e. The second kappa shape index (κ2) is 6.37. The first-order chi connectivity index (χ1) is 10.3. The van der Waals surface area contributed by atoms with E-state index in [9.17, 15) is 0 Å². The molecule has 4 nitrogen and oxygen atoms in total. The molecule has 1 unspecified atom stereocenters. The van der Waals surface area contributed by atoms with E-state index in [1.165, 1.54) is 0 Å². The molecule has 0 aliphatic heterocycles. The maximum atomic E-state index is 5.85. The Balaban J connectivity index is 1.86. The summed E-state index contributed by atoms with van der Waals surface area (Å²) in [5, 5.41) is 15.1. The summed E-state index contributed by atoms with van der Waals surface area (Å²) in [6.45, 7) is 5.33. The third kappa shape index (κ3) is 2.99. The molecular weight excluding hydrogens is 282 g/mol. The molecule has 3 rings (SSSR count). The molecule has 1 atom stereocenters. The van der Waals surface area contributed by atoms with E-state index in [1.807, 2.05) is 30.3 Å². The lowest BCUT2D eigenvalue weighted by molar-refractivity contribution is 0.513. The quantitative estimate of drug-likeness (QED) is 0.733. The number of hydrogen-bond donors (Lipinski definition) is 1. The predicted molar refractivity (Wildman–Crippen MR) is 86.4 cm³/mol. The number of aromatic nitrogens is 2. The Morgan fingerprint density at radius 1 is 1.24 bits per heavy atom. The average molecular weight is 301 g/mol. The molecule has 0 bridgehead atoms. The number of benzene rings is 1. The van der Waals surface area contributed by atoms with E-state index < -0.39 is 0 Å². The van der Waals surface area contributed by atoms with Gasteiger partial charge in [0.2, 0.25) is 0 Å². The van der Waals surface area contributed by atoms with Crippen LogP contribution in [-0.4, -0.2) is 16.7 Å². The van der Waals surface area contributed by atoms with Crippen molar-refractivity contribution in [2.75, 3.05) is 6.54 Å². The summed E-state index contributed by atoms with van der Waals surface area (Å²) >= 11 is 1.61. The van der Waals surface area contributed by atoms with Crippen LogP contribution in [0.2, 0.25) is 0 Å². The zero-order valence-corrected chi connectivity index (χ0v) is 13.1. The van der Waals surface area contributed by atoms with Crippen molar-refractivity contribution in [1.29, 1.82) is 0 Å². The van der Waals surface area contributed by atoms with E-state index >= 15 is 0 Å². The molecular formula is C16H19N3OS. The van der Waals surface area contributed by atoms with Crippen LogP contribution in [0.25, 0.3) is 21.7 Å². The van der Waals surface area contributed by atoms with E-state index in [0.29, 0.717) is 0 Å². The van der Waals surface area contributed by atoms with Crippen molar-refractivity contribution >= 4 is 22.3 Å². The summed E-state index contributed by atoms with van der Waals surface area (Å²) in [5.74, 6) is 0.797. The lowest BCUT2D eigenvalue weighted by Gasteiger charge is -2.12. The third-order valence-corrected chi connectivity index (χ3v) is 4.48. The first-order valence-corrected chi connectivity index (χ1v) is 8.19. The topological polar surface area (TPSA) is 51.0 Å². The van der Waals surface area contributed by atoms with Crippen molar-refractivity contribution in [2.45, 2.75) is 32.7 Å². The molecule has 21 heavy (non-hydrogen) atoms. The van der Waals surface area contributed by atoms with Gasteiger partial charge in [0.15, 0.2) is 10.8 Å². The van der Waals surface area contributed by atoms with Crippen LogP contribution in [0, 0.1) is 0 Å². The highest BCUT2D eigenvalue weighted by atomic mass is 32.1. The Hall–Kier alpha value is -1.72. The molecule has 0 amide bonds. The monoisotopic (exact) mass is 301 g/mol. The van der Waals surface area contributed by atoms with E-state index in [-0.39, 0.29) is 6.04 Å². The van der Waals surface area contributed by atoms with Gasteiger partial charge in [-0.1, -0.05) is 43.4 Å². The van der Waals surface area contributed by atoms with Crippen molar-refractivity contribution in [3.05, 3.63) is 35.3 Å². The Bertz CT molecular complexity index is 686. The zero-order chi connectivity index (χ0) is 14.7. The number of hydrogen-bond acceptors (Lipinski definition) is 5. The molecule has 0 radical (unpaired) electrons. The summed E-state index contributed by atoms with van der Waals surface area (Å²) < 4.78 is 5.85. The van der Waals surface area contributed by atoms with Crippen molar-refractivity contribution in [1.82, 2.24) is 15.5 Å². The maximum absolute atomic E-state index is 5.85. The SMILES string of the molecule is CCCNC(CC)c1nnc(-c2cc3ccccc3o2)s1. The molecule has 3 aromatic rings. The number of furan rings is 1. The van der Waals surface area contributed by atoms with Gasteiger partial charge < -0.3 is 9.73 Å². The van der Waals surface area contributed by atoms with Gasteiger partial charge in [0.05, 0.1) is 6.04 Å². The normalized spacial score (nSPS) is 12.9. The Labute approximate surface area is 128 Å². The standard InChI is InChI=1S/C16H19N3OS/c1-3-9-17-12(4-2)15-18-19-16(21-15)14-10-11-7-5-6-8-13(11)20-14/h5-8,10,12,17H,3-4,9H2,1-2H3. The van der Waals surface area contributed by atoms with Crippen molar-refractivity contribution < 1.29 is 4.42 Å². The fourth-order valence-corrected chi connectivity index (χ4v) is 3.24. The molecule has 0 saturated heterocycles. The smallest absolute Gasteiger partial charge is 0.183 e. The molecule has 0 spiro atoms. The minimum atomic E-state index is 0.278. The fraction of sp³-hybridized carbons (Fsp3) is 0.375. The van der Waals surface area contributed by atoms with Gasteiger partial charge in [0.1, 0.15) is 10.6 Å². The lowest BCUT2D eigenvalue weighted by atomic mass is 10.2. The first-order valence-electron chi connectivity index (χ1n) is 7.37. The average Bonchev–Trinajstić information content (AvgIpc) is 3.14. The summed E-state index contributed by atoms with van der Waals surface area (Å²) in [6.07, 6.45) is 2.13. The van der Waals surface area contributed by atoms with Crippen LogP contribution in [0.15, 0.2) is 34.7 Å². The van der Waals surface area contributed by atoms with Crippen molar-refractivity contribution in [3.63, 3.8) is 0 Å². The lowest BCUT2D eigenvalue weighted by Crippen LogP contribution is -2.21. The van der Waals surface area contributed by atoms with Crippen LogP contribution in [0.1, 0.15) is 37.7 Å². The summed E-state index contributed by atoms with van der Waals surface area (Å²) in [4.78, 5) is 0. The van der Waals surface area contributed by atoms with Gasteiger partial charge >= 0.3 is 0 Å². The van der Waals surface area contributed by atoms with Gasteiger partial charge in [-0.05, 0) is 31.5 Å². The molecule has 0 aliphatic rings. The summed E-state index contributed by atoms with van der Waals surface area (Å²) in [5.41, 5.74) is 0.889. The zero-order valence-electron chi connectivity index (χ0n) is 12.3. The number of nitrogens with one attached hydrogen (secondary N) is 1. The molecule has 2 heterocycles. The minimum Gasteiger partial charge on any atom is -0.453 e. The van der Waals surface area contributed by atoms with E-state index in [2.05, 4.69) is 29.4 Å². The first kappa shape index (κ1) is 14.2. The Morgan fingerprint density at radius 2 is 2.10 bits per heavy atom. The van der Waals surface area contributed by atoms with E-state index in [4.69, 9.17) is 4.42 Å². The Morgan fingerprint density at radius 3 is 2.86 bits per heavy atom. The molecule has 2 aromatic heterocycles. The molecule has 1 N–H and O–H groups in total. The van der Waals surface area contributed by atoms with Crippen LogP contribution >= 0.6 is 11.3 Å². The highest BCUT2D eigenvalue weighted by Gasteiger charge is 2.17. The predicted octanol–water partition coefficient (Wildman–Crippen LogP) is 4.40. The van der Waals surface area contributed by atoms with Crippen LogP contribution in [-0.2, 0) is 0 Å². The highest BCUT2D eigenvalue weighted by molar-refractivity contribution is 7.14. The molecule has 0 saturated carbocycles. The van der Waals surface area contributed by atoms with E-state index in [0.717, 1.165) is 46.1 Å². The number of para-hydroxylation sites is 1. The van der Waals surface area contributed by atoms with Crippen LogP contribution < -0.4 is 5.32 Å². The molecule has 0 fully saturated rings. The van der Waals surface area contributed by atoms with Gasteiger partial charge in [-0.3, -0.25) is 0 Å². The number of rotatable bonds is 6. The molecule has 110 valence electrons. The second-order valence-electron chi connectivity index (χ2n) is 5.01. The summed E-state index contributed by atoms with van der Waals surface area (Å²) in [6, 6.07) is 10.3. The van der Waals surface area contributed by atoms with Gasteiger partial charge in [0.25, 0.3) is 0 Å². The maximum Gasteiger partial charge on any atom is 0.183 e. The molecule has 5 heteroatoms. The van der Waals surface area contributed by atoms with Crippen LogP contribution in [0.3, 0.4) is 0 Å². The van der Waals surface area contributed by atoms with E-state index in [1.54, 1.807) is 11.3 Å². The minimum absolute atomic E-state index is 0.278. The highest BCUT2D eigenvalue weighted by Crippen LogP contribution is 2.32. The van der Waals surface area contributed by atoms with Crippen LogP contribution in [0.4, 0.5) is 0 Å². The second-order valence-corrected chi connectivity index (χ2v) is 6.02. The molecule has 1 aromatic carbocycles. The van der Waals surface area contributed by atoms with Gasteiger partial charge in [-0.25, -0.2) is 0 Å². The summed E-state index contributed by atoms with van der Waals surface area (Å²) in [7, 11) is 0. The molecule has 0 aliphatic carbocycles. The fourth-order valence-electron chi connectivity index (χ4n) is 2.29. The number of fused-ring (bicyclic) bond motifs is 1. The van der Waals surface area contributed by atoms with Gasteiger partial charge in [-0.15, -0.1) is 10.2 Å². The van der Waals surface area contributed by atoms with Gasteiger partial charge in [-0.2, -0.15) is 0 Å². The third-order valence-electron chi connectivity index (χ3n) is 3.42. The number of nitrogens with zero attached hydrogens (tertiary/aromatic N) is 2. The van der Waals surface area contributed by atoms with Gasteiger partial charge in [0, 0.05) is 5.39 Å². The van der Waals surface area contributed by atoms with Crippen molar-refractivity contribution in [2.24, 2.45) is 0 Å².